The molecule has 0 bridgehead atoms. The maximum Gasteiger partial charge on any atom is 0.341 e. The van der Waals surface area contributed by atoms with Crippen LogP contribution >= 0.6 is 0 Å². The summed E-state index contributed by atoms with van der Waals surface area (Å²) in [4.78, 5) is 23.1. The number of hydrogen-bond acceptors (Lipinski definition) is 4. The minimum absolute atomic E-state index is 0.0138. The standard InChI is InChI=1S/C20H21NO5/c1-12-8-15(26-11-19(22)23)6-7-18(12)21-20(24)17-10-16(17)13-4-3-5-14(9-13)25-2/h3-9,16-17H,10-11H2,1-2H3,(H,21,24)(H,22,23). The van der Waals surface area contributed by atoms with E-state index in [-0.39, 0.29) is 17.7 Å². The second-order valence-electron chi connectivity index (χ2n) is 6.37. The first-order chi connectivity index (χ1) is 12.5. The van der Waals surface area contributed by atoms with Crippen LogP contribution in [0.3, 0.4) is 0 Å². The van der Waals surface area contributed by atoms with Gasteiger partial charge in [-0.1, -0.05) is 12.1 Å². The van der Waals surface area contributed by atoms with Gasteiger partial charge in [-0.15, -0.1) is 0 Å². The summed E-state index contributed by atoms with van der Waals surface area (Å²) >= 11 is 0. The number of nitrogens with one attached hydrogen (secondary N) is 1. The molecule has 1 aliphatic carbocycles. The van der Waals surface area contributed by atoms with Crippen LogP contribution < -0.4 is 14.8 Å². The van der Waals surface area contributed by atoms with Gasteiger partial charge in [0.05, 0.1) is 7.11 Å². The molecule has 6 heteroatoms. The van der Waals surface area contributed by atoms with Gasteiger partial charge in [0.2, 0.25) is 5.91 Å². The molecule has 26 heavy (non-hydrogen) atoms. The first kappa shape index (κ1) is 17.8. The molecule has 2 aromatic carbocycles. The average molecular weight is 355 g/mol. The Balaban J connectivity index is 1.61. The topological polar surface area (TPSA) is 84.9 Å². The van der Waals surface area contributed by atoms with Gasteiger partial charge < -0.3 is 19.9 Å². The van der Waals surface area contributed by atoms with E-state index >= 15 is 0 Å². The fourth-order valence-electron chi connectivity index (χ4n) is 2.96. The Morgan fingerprint density at radius 3 is 2.69 bits per heavy atom. The van der Waals surface area contributed by atoms with Gasteiger partial charge >= 0.3 is 5.97 Å². The molecule has 0 aliphatic heterocycles. The van der Waals surface area contributed by atoms with Crippen LogP contribution in [-0.4, -0.2) is 30.7 Å². The molecule has 1 saturated carbocycles. The third kappa shape index (κ3) is 4.14. The van der Waals surface area contributed by atoms with Gasteiger partial charge in [-0.3, -0.25) is 4.79 Å². The molecule has 3 rings (SSSR count). The van der Waals surface area contributed by atoms with Gasteiger partial charge in [-0.25, -0.2) is 4.79 Å². The number of ether oxygens (including phenoxy) is 2. The Labute approximate surface area is 151 Å². The maximum atomic E-state index is 12.5. The molecule has 2 N–H and O–H groups in total. The molecule has 2 atom stereocenters. The van der Waals surface area contributed by atoms with Gasteiger partial charge in [0.1, 0.15) is 11.5 Å². The predicted octanol–water partition coefficient (Wildman–Crippen LogP) is 3.21. The molecule has 1 aliphatic rings. The van der Waals surface area contributed by atoms with Crippen LogP contribution in [0.25, 0.3) is 0 Å². The summed E-state index contributed by atoms with van der Waals surface area (Å²) in [5.74, 6) is 0.371. The van der Waals surface area contributed by atoms with Gasteiger partial charge in [0.25, 0.3) is 0 Å². The first-order valence-corrected chi connectivity index (χ1v) is 8.38. The number of carbonyl (C=O) groups excluding carboxylic acids is 1. The summed E-state index contributed by atoms with van der Waals surface area (Å²) < 4.78 is 10.4. The number of amides is 1. The maximum absolute atomic E-state index is 12.5. The van der Waals surface area contributed by atoms with E-state index in [0.29, 0.717) is 11.4 Å². The highest BCUT2D eigenvalue weighted by Gasteiger charge is 2.44. The highest BCUT2D eigenvalue weighted by Crippen LogP contribution is 2.48. The number of aliphatic carboxylic acids is 1. The van der Waals surface area contributed by atoms with Crippen molar-refractivity contribution < 1.29 is 24.2 Å². The molecule has 0 heterocycles. The summed E-state index contributed by atoms with van der Waals surface area (Å²) in [6.07, 6.45) is 0.817. The van der Waals surface area contributed by atoms with Crippen molar-refractivity contribution in [1.29, 1.82) is 0 Å². The van der Waals surface area contributed by atoms with E-state index in [1.54, 1.807) is 25.3 Å². The molecule has 1 fully saturated rings. The molecular formula is C20H21NO5. The Morgan fingerprint density at radius 1 is 1.19 bits per heavy atom. The number of rotatable bonds is 7. The molecule has 2 unspecified atom stereocenters. The Kier molecular flexibility index (Phi) is 5.11. The average Bonchev–Trinajstić information content (AvgIpc) is 3.43. The minimum atomic E-state index is -1.03. The predicted molar refractivity (Wildman–Crippen MR) is 96.8 cm³/mol. The van der Waals surface area contributed by atoms with Crippen LogP contribution in [0.2, 0.25) is 0 Å². The highest BCUT2D eigenvalue weighted by molar-refractivity contribution is 5.96. The normalized spacial score (nSPS) is 18.1. The first-order valence-electron chi connectivity index (χ1n) is 8.38. The van der Waals surface area contributed by atoms with Crippen LogP contribution in [0.4, 0.5) is 5.69 Å². The Morgan fingerprint density at radius 2 is 2.00 bits per heavy atom. The molecular weight excluding hydrogens is 334 g/mol. The largest absolute Gasteiger partial charge is 0.497 e. The number of aryl methyl sites for hydroxylation is 1. The zero-order chi connectivity index (χ0) is 18.7. The highest BCUT2D eigenvalue weighted by atomic mass is 16.5. The van der Waals surface area contributed by atoms with Crippen LogP contribution in [-0.2, 0) is 9.59 Å². The summed E-state index contributed by atoms with van der Waals surface area (Å²) in [6.45, 7) is 1.45. The second-order valence-corrected chi connectivity index (χ2v) is 6.37. The summed E-state index contributed by atoms with van der Waals surface area (Å²) in [5, 5.41) is 11.6. The van der Waals surface area contributed by atoms with Crippen molar-refractivity contribution in [3.8, 4) is 11.5 Å². The number of hydrogen-bond donors (Lipinski definition) is 2. The number of benzene rings is 2. The second kappa shape index (κ2) is 7.47. The van der Waals surface area contributed by atoms with E-state index in [0.717, 1.165) is 23.3 Å². The molecule has 0 aromatic heterocycles. The quantitative estimate of drug-likeness (QED) is 0.797. The lowest BCUT2D eigenvalue weighted by Crippen LogP contribution is -2.15. The summed E-state index contributed by atoms with van der Waals surface area (Å²) in [5.41, 5.74) is 2.63. The SMILES string of the molecule is COc1cccc(C2CC2C(=O)Nc2ccc(OCC(=O)O)cc2C)c1. The molecule has 1 amide bonds. The van der Waals surface area contributed by atoms with Gasteiger partial charge in [-0.05, 0) is 60.7 Å². The third-order valence-electron chi connectivity index (χ3n) is 4.47. The van der Waals surface area contributed by atoms with Crippen molar-refractivity contribution in [1.82, 2.24) is 0 Å². The van der Waals surface area contributed by atoms with Crippen molar-refractivity contribution in [2.24, 2.45) is 5.92 Å². The fraction of sp³-hybridized carbons (Fsp3) is 0.300. The lowest BCUT2D eigenvalue weighted by atomic mass is 10.1. The summed E-state index contributed by atoms with van der Waals surface area (Å²) in [7, 11) is 1.63. The van der Waals surface area contributed by atoms with E-state index in [1.807, 2.05) is 31.2 Å². The molecule has 136 valence electrons. The van der Waals surface area contributed by atoms with Crippen molar-refractivity contribution >= 4 is 17.6 Å². The van der Waals surface area contributed by atoms with Crippen LogP contribution in [0, 0.1) is 12.8 Å². The lowest BCUT2D eigenvalue weighted by molar-refractivity contribution is -0.139. The monoisotopic (exact) mass is 355 g/mol. The van der Waals surface area contributed by atoms with Crippen molar-refractivity contribution in [2.45, 2.75) is 19.3 Å². The summed E-state index contributed by atoms with van der Waals surface area (Å²) in [6, 6.07) is 12.9. The number of methoxy groups -OCH3 is 1. The number of anilines is 1. The van der Waals surface area contributed by atoms with Crippen molar-refractivity contribution in [3.63, 3.8) is 0 Å². The van der Waals surface area contributed by atoms with Gasteiger partial charge in [0.15, 0.2) is 6.61 Å². The minimum Gasteiger partial charge on any atom is -0.497 e. The van der Waals surface area contributed by atoms with E-state index < -0.39 is 12.6 Å². The number of carboxylic acids is 1. The van der Waals surface area contributed by atoms with E-state index in [2.05, 4.69) is 5.32 Å². The van der Waals surface area contributed by atoms with Crippen molar-refractivity contribution in [2.75, 3.05) is 19.0 Å². The Bertz CT molecular complexity index is 833. The van der Waals surface area contributed by atoms with Gasteiger partial charge in [-0.2, -0.15) is 0 Å². The van der Waals surface area contributed by atoms with Crippen LogP contribution in [0.1, 0.15) is 23.5 Å². The van der Waals surface area contributed by atoms with E-state index in [9.17, 15) is 9.59 Å². The third-order valence-corrected chi connectivity index (χ3v) is 4.47. The molecule has 0 saturated heterocycles. The Hall–Kier alpha value is -3.02. The zero-order valence-corrected chi connectivity index (χ0v) is 14.7. The molecule has 2 aromatic rings. The molecule has 0 spiro atoms. The van der Waals surface area contributed by atoms with Gasteiger partial charge in [0, 0.05) is 11.6 Å². The smallest absolute Gasteiger partial charge is 0.341 e. The van der Waals surface area contributed by atoms with Crippen molar-refractivity contribution in [3.05, 3.63) is 53.6 Å². The number of carboxylic acid groups (broad SMARTS) is 1. The molecule has 0 radical (unpaired) electrons. The lowest BCUT2D eigenvalue weighted by Gasteiger charge is -2.11. The number of carbonyl (C=O) groups is 2. The molecule has 6 nitrogen and oxygen atoms in total. The zero-order valence-electron chi connectivity index (χ0n) is 14.7. The van der Waals surface area contributed by atoms with Crippen LogP contribution in [0.15, 0.2) is 42.5 Å². The van der Waals surface area contributed by atoms with E-state index in [1.165, 1.54) is 0 Å². The fourth-order valence-corrected chi connectivity index (χ4v) is 2.96. The van der Waals surface area contributed by atoms with Crippen LogP contribution in [0.5, 0.6) is 11.5 Å². The van der Waals surface area contributed by atoms with E-state index in [4.69, 9.17) is 14.6 Å².